The zero-order valence-corrected chi connectivity index (χ0v) is 15.2. The SMILES string of the molecule is CCCCCCCCCNC(=NCC(=O)NCCOC)NCC. The summed E-state index contributed by atoms with van der Waals surface area (Å²) < 4.78 is 4.89. The van der Waals surface area contributed by atoms with Crippen LogP contribution in [0.3, 0.4) is 0 Å². The normalized spacial score (nSPS) is 11.3. The van der Waals surface area contributed by atoms with Crippen LogP contribution in [-0.2, 0) is 9.53 Å². The van der Waals surface area contributed by atoms with Crippen molar-refractivity contribution in [2.24, 2.45) is 4.99 Å². The fraction of sp³-hybridized carbons (Fsp3) is 0.882. The van der Waals surface area contributed by atoms with Gasteiger partial charge >= 0.3 is 0 Å². The third-order valence-corrected chi connectivity index (χ3v) is 3.43. The highest BCUT2D eigenvalue weighted by atomic mass is 16.5. The molecular formula is C17H36N4O2. The standard InChI is InChI=1S/C17H36N4O2/c1-4-6-7-8-9-10-11-12-20-17(18-5-2)21-15-16(22)19-13-14-23-3/h4-15H2,1-3H3,(H,19,22)(H2,18,20,21). The van der Waals surface area contributed by atoms with Gasteiger partial charge in [-0.05, 0) is 13.3 Å². The monoisotopic (exact) mass is 328 g/mol. The van der Waals surface area contributed by atoms with Crippen LogP contribution in [-0.4, -0.2) is 51.8 Å². The molecule has 0 radical (unpaired) electrons. The Labute approximate surface area is 141 Å². The van der Waals surface area contributed by atoms with E-state index in [-0.39, 0.29) is 12.5 Å². The van der Waals surface area contributed by atoms with Crippen LogP contribution in [0.25, 0.3) is 0 Å². The van der Waals surface area contributed by atoms with Crippen molar-refractivity contribution in [2.75, 3.05) is 39.9 Å². The summed E-state index contributed by atoms with van der Waals surface area (Å²) in [6.45, 7) is 7.11. The lowest BCUT2D eigenvalue weighted by Gasteiger charge is -2.11. The van der Waals surface area contributed by atoms with Gasteiger partial charge in [-0.1, -0.05) is 45.4 Å². The first-order valence-corrected chi connectivity index (χ1v) is 9.02. The number of rotatable bonds is 14. The number of hydrogen-bond donors (Lipinski definition) is 3. The number of amides is 1. The van der Waals surface area contributed by atoms with E-state index in [9.17, 15) is 4.79 Å². The van der Waals surface area contributed by atoms with Gasteiger partial charge in [0.05, 0.1) is 6.61 Å². The zero-order valence-electron chi connectivity index (χ0n) is 15.2. The van der Waals surface area contributed by atoms with E-state index in [0.717, 1.165) is 19.5 Å². The summed E-state index contributed by atoms with van der Waals surface area (Å²) in [6.07, 6.45) is 9.02. The van der Waals surface area contributed by atoms with Crippen LogP contribution in [0, 0.1) is 0 Å². The summed E-state index contributed by atoms with van der Waals surface area (Å²) in [5, 5.41) is 9.19. The van der Waals surface area contributed by atoms with Crippen molar-refractivity contribution in [3.63, 3.8) is 0 Å². The van der Waals surface area contributed by atoms with Crippen LogP contribution in [0.5, 0.6) is 0 Å². The lowest BCUT2D eigenvalue weighted by molar-refractivity contribution is -0.119. The molecule has 0 aliphatic rings. The maximum atomic E-state index is 11.6. The fourth-order valence-electron chi connectivity index (χ4n) is 2.13. The maximum Gasteiger partial charge on any atom is 0.241 e. The molecular weight excluding hydrogens is 292 g/mol. The Morgan fingerprint density at radius 3 is 2.26 bits per heavy atom. The molecule has 136 valence electrons. The van der Waals surface area contributed by atoms with Crippen LogP contribution < -0.4 is 16.0 Å². The molecule has 0 atom stereocenters. The van der Waals surface area contributed by atoms with Gasteiger partial charge in [0.2, 0.25) is 5.91 Å². The van der Waals surface area contributed by atoms with Gasteiger partial charge in [0.1, 0.15) is 6.54 Å². The Hall–Kier alpha value is -1.30. The van der Waals surface area contributed by atoms with Crippen LogP contribution in [0.2, 0.25) is 0 Å². The summed E-state index contributed by atoms with van der Waals surface area (Å²) in [5.74, 6) is 0.621. The fourth-order valence-corrected chi connectivity index (χ4v) is 2.13. The van der Waals surface area contributed by atoms with Gasteiger partial charge in [0.15, 0.2) is 5.96 Å². The van der Waals surface area contributed by atoms with E-state index in [1.54, 1.807) is 7.11 Å². The predicted molar refractivity (Wildman–Crippen MR) is 96.9 cm³/mol. The quantitative estimate of drug-likeness (QED) is 0.259. The smallest absolute Gasteiger partial charge is 0.241 e. The number of hydrogen-bond acceptors (Lipinski definition) is 3. The van der Waals surface area contributed by atoms with Gasteiger partial charge in [0.25, 0.3) is 0 Å². The molecule has 0 unspecified atom stereocenters. The highest BCUT2D eigenvalue weighted by Gasteiger charge is 2.01. The average Bonchev–Trinajstić information content (AvgIpc) is 2.55. The third kappa shape index (κ3) is 15.4. The number of nitrogens with one attached hydrogen (secondary N) is 3. The highest BCUT2D eigenvalue weighted by Crippen LogP contribution is 2.06. The second-order valence-corrected chi connectivity index (χ2v) is 5.59. The van der Waals surface area contributed by atoms with E-state index < -0.39 is 0 Å². The van der Waals surface area contributed by atoms with Crippen molar-refractivity contribution in [2.45, 2.75) is 58.8 Å². The molecule has 0 aromatic carbocycles. The molecule has 0 aliphatic heterocycles. The Bertz CT molecular complexity index is 309. The minimum atomic E-state index is -0.0878. The number of methoxy groups -OCH3 is 1. The molecule has 0 fully saturated rings. The van der Waals surface area contributed by atoms with Crippen molar-refractivity contribution in [3.8, 4) is 0 Å². The lowest BCUT2D eigenvalue weighted by atomic mass is 10.1. The molecule has 0 aromatic rings. The van der Waals surface area contributed by atoms with Crippen LogP contribution in [0.15, 0.2) is 4.99 Å². The van der Waals surface area contributed by atoms with Crippen LogP contribution in [0.1, 0.15) is 58.8 Å². The minimum absolute atomic E-state index is 0.0878. The van der Waals surface area contributed by atoms with Gasteiger partial charge in [-0.3, -0.25) is 4.79 Å². The Kier molecular flexibility index (Phi) is 16.1. The number of ether oxygens (including phenoxy) is 1. The number of carbonyl (C=O) groups is 1. The van der Waals surface area contributed by atoms with Crippen LogP contribution >= 0.6 is 0 Å². The topological polar surface area (TPSA) is 74.8 Å². The summed E-state index contributed by atoms with van der Waals surface area (Å²) in [6, 6.07) is 0. The Morgan fingerprint density at radius 2 is 1.61 bits per heavy atom. The Balaban J connectivity index is 3.79. The van der Waals surface area contributed by atoms with Crippen molar-refractivity contribution >= 4 is 11.9 Å². The molecule has 0 rings (SSSR count). The molecule has 0 bridgehead atoms. The maximum absolute atomic E-state index is 11.6. The second-order valence-electron chi connectivity index (χ2n) is 5.59. The van der Waals surface area contributed by atoms with Crippen molar-refractivity contribution in [3.05, 3.63) is 0 Å². The molecule has 23 heavy (non-hydrogen) atoms. The third-order valence-electron chi connectivity index (χ3n) is 3.43. The van der Waals surface area contributed by atoms with E-state index in [1.807, 2.05) is 6.92 Å². The molecule has 6 nitrogen and oxygen atoms in total. The van der Waals surface area contributed by atoms with Gasteiger partial charge in [-0.25, -0.2) is 4.99 Å². The molecule has 3 N–H and O–H groups in total. The summed E-state index contributed by atoms with van der Waals surface area (Å²) in [4.78, 5) is 15.9. The summed E-state index contributed by atoms with van der Waals surface area (Å²) in [5.41, 5.74) is 0. The van der Waals surface area contributed by atoms with Gasteiger partial charge in [-0.15, -0.1) is 0 Å². The first-order valence-electron chi connectivity index (χ1n) is 9.02. The molecule has 0 saturated carbocycles. The van der Waals surface area contributed by atoms with E-state index in [2.05, 4.69) is 27.9 Å². The van der Waals surface area contributed by atoms with E-state index >= 15 is 0 Å². The average molecular weight is 329 g/mol. The van der Waals surface area contributed by atoms with Crippen molar-refractivity contribution in [1.82, 2.24) is 16.0 Å². The first-order chi connectivity index (χ1) is 11.2. The molecule has 0 aliphatic carbocycles. The number of guanidine groups is 1. The molecule has 6 heteroatoms. The summed E-state index contributed by atoms with van der Waals surface area (Å²) in [7, 11) is 1.61. The van der Waals surface area contributed by atoms with Crippen LogP contribution in [0.4, 0.5) is 0 Å². The van der Waals surface area contributed by atoms with Gasteiger partial charge < -0.3 is 20.7 Å². The molecule has 0 saturated heterocycles. The van der Waals surface area contributed by atoms with E-state index in [0.29, 0.717) is 19.1 Å². The molecule has 0 aromatic heterocycles. The van der Waals surface area contributed by atoms with Crippen molar-refractivity contribution in [1.29, 1.82) is 0 Å². The lowest BCUT2D eigenvalue weighted by Crippen LogP contribution is -2.39. The molecule has 1 amide bonds. The number of carbonyl (C=O) groups excluding carboxylic acids is 1. The largest absolute Gasteiger partial charge is 0.383 e. The molecule has 0 spiro atoms. The minimum Gasteiger partial charge on any atom is -0.383 e. The van der Waals surface area contributed by atoms with Gasteiger partial charge in [0, 0.05) is 26.7 Å². The van der Waals surface area contributed by atoms with E-state index in [1.165, 1.54) is 38.5 Å². The Morgan fingerprint density at radius 1 is 0.913 bits per heavy atom. The zero-order chi connectivity index (χ0) is 17.2. The number of aliphatic imine (C=N–C) groups is 1. The second kappa shape index (κ2) is 17.1. The highest BCUT2D eigenvalue weighted by molar-refractivity contribution is 5.84. The van der Waals surface area contributed by atoms with Crippen molar-refractivity contribution < 1.29 is 9.53 Å². The number of nitrogens with zero attached hydrogens (tertiary/aromatic N) is 1. The molecule has 0 heterocycles. The predicted octanol–water partition coefficient (Wildman–Crippen LogP) is 2.05. The van der Waals surface area contributed by atoms with E-state index in [4.69, 9.17) is 4.74 Å². The number of unbranched alkanes of at least 4 members (excludes halogenated alkanes) is 6. The van der Waals surface area contributed by atoms with Gasteiger partial charge in [-0.2, -0.15) is 0 Å². The first kappa shape index (κ1) is 21.7. The summed E-state index contributed by atoms with van der Waals surface area (Å²) >= 11 is 0.